The summed E-state index contributed by atoms with van der Waals surface area (Å²) in [5.41, 5.74) is 0.960. The van der Waals surface area contributed by atoms with E-state index in [-0.39, 0.29) is 5.82 Å². The lowest BCUT2D eigenvalue weighted by Gasteiger charge is -2.02. The van der Waals surface area contributed by atoms with Crippen LogP contribution in [0.5, 0.6) is 0 Å². The highest BCUT2D eigenvalue weighted by molar-refractivity contribution is 6.33. The summed E-state index contributed by atoms with van der Waals surface area (Å²) in [6.07, 6.45) is 1.68. The average Bonchev–Trinajstić information content (AvgIpc) is 2.60. The summed E-state index contributed by atoms with van der Waals surface area (Å²) < 4.78 is 19.3. The SMILES string of the molecule is CCCc1nc(C)c(-c2c(F)cccc2Cl)o1. The van der Waals surface area contributed by atoms with Crippen molar-refractivity contribution in [2.24, 2.45) is 0 Å². The molecular weight excluding hydrogens is 241 g/mol. The van der Waals surface area contributed by atoms with Crippen molar-refractivity contribution in [2.45, 2.75) is 26.7 Å². The molecular formula is C13H13ClFNO. The van der Waals surface area contributed by atoms with Crippen molar-refractivity contribution in [1.82, 2.24) is 4.98 Å². The normalized spacial score (nSPS) is 10.8. The van der Waals surface area contributed by atoms with Crippen LogP contribution in [0, 0.1) is 12.7 Å². The van der Waals surface area contributed by atoms with Gasteiger partial charge in [0.1, 0.15) is 5.82 Å². The molecule has 17 heavy (non-hydrogen) atoms. The fraction of sp³-hybridized carbons (Fsp3) is 0.308. The van der Waals surface area contributed by atoms with Crippen LogP contribution in [-0.2, 0) is 6.42 Å². The third kappa shape index (κ3) is 2.34. The van der Waals surface area contributed by atoms with Gasteiger partial charge in [0.15, 0.2) is 11.7 Å². The zero-order chi connectivity index (χ0) is 12.4. The first-order valence-electron chi connectivity index (χ1n) is 5.54. The summed E-state index contributed by atoms with van der Waals surface area (Å²) in [6.45, 7) is 3.83. The molecule has 0 aliphatic heterocycles. The van der Waals surface area contributed by atoms with Crippen LogP contribution in [0.2, 0.25) is 5.02 Å². The number of halogens is 2. The van der Waals surface area contributed by atoms with E-state index in [1.807, 2.05) is 6.92 Å². The van der Waals surface area contributed by atoms with Gasteiger partial charge in [-0.25, -0.2) is 9.37 Å². The molecule has 1 heterocycles. The highest BCUT2D eigenvalue weighted by atomic mass is 35.5. The van der Waals surface area contributed by atoms with E-state index >= 15 is 0 Å². The van der Waals surface area contributed by atoms with Crippen molar-refractivity contribution in [2.75, 3.05) is 0 Å². The first-order valence-corrected chi connectivity index (χ1v) is 5.92. The van der Waals surface area contributed by atoms with Crippen LogP contribution in [0.25, 0.3) is 11.3 Å². The van der Waals surface area contributed by atoms with Gasteiger partial charge in [-0.15, -0.1) is 0 Å². The first kappa shape index (κ1) is 12.1. The van der Waals surface area contributed by atoms with Gasteiger partial charge >= 0.3 is 0 Å². The Balaban J connectivity index is 2.52. The highest BCUT2D eigenvalue weighted by Gasteiger charge is 2.17. The van der Waals surface area contributed by atoms with Gasteiger partial charge in [-0.2, -0.15) is 0 Å². The minimum Gasteiger partial charge on any atom is -0.440 e. The minimum atomic E-state index is -0.389. The Kier molecular flexibility index (Phi) is 3.48. The lowest BCUT2D eigenvalue weighted by atomic mass is 10.1. The minimum absolute atomic E-state index is 0.293. The first-order chi connectivity index (χ1) is 8.13. The molecule has 2 nitrogen and oxygen atoms in total. The van der Waals surface area contributed by atoms with Crippen LogP contribution in [0.3, 0.4) is 0 Å². The molecule has 0 spiro atoms. The van der Waals surface area contributed by atoms with E-state index in [0.29, 0.717) is 27.9 Å². The van der Waals surface area contributed by atoms with Crippen molar-refractivity contribution in [3.63, 3.8) is 0 Å². The summed E-state index contributed by atoms with van der Waals surface area (Å²) in [6, 6.07) is 4.57. The van der Waals surface area contributed by atoms with Crippen LogP contribution in [0.15, 0.2) is 22.6 Å². The molecule has 2 aromatic rings. The van der Waals surface area contributed by atoms with Crippen LogP contribution >= 0.6 is 11.6 Å². The average molecular weight is 254 g/mol. The molecule has 0 radical (unpaired) electrons. The van der Waals surface area contributed by atoms with Gasteiger partial charge in [0.2, 0.25) is 0 Å². The standard InChI is InChI=1S/C13H13ClFNO/c1-3-5-11-16-8(2)13(17-11)12-9(14)6-4-7-10(12)15/h4,6-7H,3,5H2,1-2H3. The topological polar surface area (TPSA) is 26.0 Å². The summed E-state index contributed by atoms with van der Waals surface area (Å²) >= 11 is 5.99. The second-order valence-corrected chi connectivity index (χ2v) is 4.28. The monoisotopic (exact) mass is 253 g/mol. The van der Waals surface area contributed by atoms with Crippen molar-refractivity contribution in [1.29, 1.82) is 0 Å². The number of aryl methyl sites for hydroxylation is 2. The van der Waals surface area contributed by atoms with E-state index in [0.717, 1.165) is 12.8 Å². The van der Waals surface area contributed by atoms with E-state index < -0.39 is 0 Å². The maximum absolute atomic E-state index is 13.7. The molecule has 0 saturated heterocycles. The molecule has 4 heteroatoms. The fourth-order valence-corrected chi connectivity index (χ4v) is 1.97. The van der Waals surface area contributed by atoms with Gasteiger partial charge in [-0.3, -0.25) is 0 Å². The van der Waals surface area contributed by atoms with Gasteiger partial charge < -0.3 is 4.42 Å². The smallest absolute Gasteiger partial charge is 0.195 e. The molecule has 0 aliphatic rings. The molecule has 0 N–H and O–H groups in total. The number of hydrogen-bond acceptors (Lipinski definition) is 2. The molecule has 0 bridgehead atoms. The number of benzene rings is 1. The Morgan fingerprint density at radius 3 is 2.82 bits per heavy atom. The lowest BCUT2D eigenvalue weighted by Crippen LogP contribution is -1.86. The number of oxazole rings is 1. The highest BCUT2D eigenvalue weighted by Crippen LogP contribution is 2.33. The van der Waals surface area contributed by atoms with E-state index in [1.165, 1.54) is 6.07 Å². The molecule has 0 unspecified atom stereocenters. The Bertz CT molecular complexity index is 516. The molecule has 0 amide bonds. The summed E-state index contributed by atoms with van der Waals surface area (Å²) in [4.78, 5) is 4.27. The fourth-order valence-electron chi connectivity index (χ4n) is 1.72. The molecule has 90 valence electrons. The van der Waals surface area contributed by atoms with E-state index in [4.69, 9.17) is 16.0 Å². The molecule has 1 aromatic carbocycles. The van der Waals surface area contributed by atoms with Gasteiger partial charge in [0.25, 0.3) is 0 Å². The second-order valence-electron chi connectivity index (χ2n) is 3.87. The third-order valence-corrected chi connectivity index (χ3v) is 2.81. The van der Waals surface area contributed by atoms with Gasteiger partial charge in [0, 0.05) is 6.42 Å². The number of hydrogen-bond donors (Lipinski definition) is 0. The Morgan fingerprint density at radius 1 is 1.41 bits per heavy atom. The largest absolute Gasteiger partial charge is 0.440 e. The number of aromatic nitrogens is 1. The van der Waals surface area contributed by atoms with Crippen LogP contribution in [-0.4, -0.2) is 4.98 Å². The maximum atomic E-state index is 13.7. The zero-order valence-corrected chi connectivity index (χ0v) is 10.5. The van der Waals surface area contributed by atoms with Gasteiger partial charge in [-0.05, 0) is 25.5 Å². The number of rotatable bonds is 3. The second kappa shape index (κ2) is 4.88. The molecule has 0 fully saturated rings. The van der Waals surface area contributed by atoms with Crippen LogP contribution in [0.4, 0.5) is 4.39 Å². The van der Waals surface area contributed by atoms with Gasteiger partial charge in [0.05, 0.1) is 16.3 Å². The molecule has 0 atom stereocenters. The van der Waals surface area contributed by atoms with Crippen LogP contribution in [0.1, 0.15) is 24.9 Å². The van der Waals surface area contributed by atoms with E-state index in [1.54, 1.807) is 19.1 Å². The molecule has 1 aromatic heterocycles. The van der Waals surface area contributed by atoms with Crippen LogP contribution < -0.4 is 0 Å². The summed E-state index contributed by atoms with van der Waals surface area (Å²) in [7, 11) is 0. The zero-order valence-electron chi connectivity index (χ0n) is 9.76. The molecule has 0 aliphatic carbocycles. The van der Waals surface area contributed by atoms with E-state index in [9.17, 15) is 4.39 Å². The predicted octanol–water partition coefficient (Wildman–Crippen LogP) is 4.40. The van der Waals surface area contributed by atoms with Crippen molar-refractivity contribution in [3.05, 3.63) is 40.6 Å². The van der Waals surface area contributed by atoms with Crippen molar-refractivity contribution in [3.8, 4) is 11.3 Å². The Labute approximate surface area is 104 Å². The summed E-state index contributed by atoms with van der Waals surface area (Å²) in [5, 5.41) is 0.340. The molecule has 0 saturated carbocycles. The Hall–Kier alpha value is -1.35. The Morgan fingerprint density at radius 2 is 2.18 bits per heavy atom. The quantitative estimate of drug-likeness (QED) is 0.811. The number of nitrogens with zero attached hydrogens (tertiary/aromatic N) is 1. The molecule has 2 rings (SSSR count). The maximum Gasteiger partial charge on any atom is 0.195 e. The van der Waals surface area contributed by atoms with Crippen molar-refractivity contribution >= 4 is 11.6 Å². The lowest BCUT2D eigenvalue weighted by molar-refractivity contribution is 0.499. The predicted molar refractivity (Wildman–Crippen MR) is 65.6 cm³/mol. The van der Waals surface area contributed by atoms with Crippen molar-refractivity contribution < 1.29 is 8.81 Å². The summed E-state index contributed by atoms with van der Waals surface area (Å²) in [5.74, 6) is 0.663. The third-order valence-electron chi connectivity index (χ3n) is 2.49. The van der Waals surface area contributed by atoms with E-state index in [2.05, 4.69) is 4.98 Å². The van der Waals surface area contributed by atoms with Gasteiger partial charge in [-0.1, -0.05) is 24.6 Å².